The van der Waals surface area contributed by atoms with Gasteiger partial charge in [-0.2, -0.15) is 0 Å². The molecule has 1 aromatic rings. The van der Waals surface area contributed by atoms with Gasteiger partial charge in [-0.25, -0.2) is 8.70 Å². The van der Waals surface area contributed by atoms with Gasteiger partial charge >= 0.3 is 0 Å². The molecule has 1 aromatic carbocycles. The fourth-order valence-corrected chi connectivity index (χ4v) is 2.60. The standard InChI is InChI=1S/C11H14FNOS/c1-14-9-4-5-11(10(12)8-9)15-13-6-2-3-7-13/h4-5,8H,2-3,6-7H2,1H3. The maximum Gasteiger partial charge on any atom is 0.141 e. The minimum atomic E-state index is -0.203. The number of ether oxygens (including phenoxy) is 1. The summed E-state index contributed by atoms with van der Waals surface area (Å²) in [6.45, 7) is 2.10. The highest BCUT2D eigenvalue weighted by Gasteiger charge is 2.15. The van der Waals surface area contributed by atoms with E-state index in [1.165, 1.54) is 30.9 Å². The molecule has 2 rings (SSSR count). The molecule has 1 aliphatic heterocycles. The van der Waals surface area contributed by atoms with Gasteiger partial charge in [0.15, 0.2) is 0 Å². The van der Waals surface area contributed by atoms with Crippen LogP contribution in [0.5, 0.6) is 5.75 Å². The molecule has 0 saturated carbocycles. The van der Waals surface area contributed by atoms with Crippen molar-refractivity contribution in [1.29, 1.82) is 0 Å². The van der Waals surface area contributed by atoms with Crippen LogP contribution in [0.2, 0.25) is 0 Å². The van der Waals surface area contributed by atoms with Crippen LogP contribution in [0.1, 0.15) is 12.8 Å². The van der Waals surface area contributed by atoms with Crippen LogP contribution >= 0.6 is 11.9 Å². The van der Waals surface area contributed by atoms with E-state index < -0.39 is 0 Å². The maximum absolute atomic E-state index is 13.6. The Labute approximate surface area is 93.5 Å². The molecule has 82 valence electrons. The second-order valence-electron chi connectivity index (χ2n) is 3.52. The van der Waals surface area contributed by atoms with Crippen molar-refractivity contribution >= 4 is 11.9 Å². The van der Waals surface area contributed by atoms with Gasteiger partial charge in [-0.05, 0) is 36.9 Å². The predicted octanol–water partition coefficient (Wildman–Crippen LogP) is 2.94. The lowest BCUT2D eigenvalue weighted by Crippen LogP contribution is -2.09. The number of benzene rings is 1. The number of halogens is 1. The van der Waals surface area contributed by atoms with Crippen molar-refractivity contribution in [3.8, 4) is 5.75 Å². The highest BCUT2D eigenvalue weighted by molar-refractivity contribution is 7.97. The summed E-state index contributed by atoms with van der Waals surface area (Å²) in [5.74, 6) is 0.365. The Kier molecular flexibility index (Phi) is 3.49. The molecule has 0 spiro atoms. The van der Waals surface area contributed by atoms with E-state index in [4.69, 9.17) is 4.74 Å². The van der Waals surface area contributed by atoms with Crippen molar-refractivity contribution in [3.63, 3.8) is 0 Å². The number of hydrogen-bond donors (Lipinski definition) is 0. The lowest BCUT2D eigenvalue weighted by molar-refractivity contribution is 0.410. The van der Waals surface area contributed by atoms with E-state index in [0.717, 1.165) is 13.1 Å². The first-order valence-corrected chi connectivity index (χ1v) is 5.83. The van der Waals surface area contributed by atoms with Gasteiger partial charge in [-0.1, -0.05) is 0 Å². The zero-order valence-corrected chi connectivity index (χ0v) is 9.52. The number of hydrogen-bond acceptors (Lipinski definition) is 3. The summed E-state index contributed by atoms with van der Waals surface area (Å²) in [4.78, 5) is 0.678. The molecule has 1 heterocycles. The van der Waals surface area contributed by atoms with Crippen molar-refractivity contribution in [2.45, 2.75) is 17.7 Å². The minimum absolute atomic E-state index is 0.203. The summed E-state index contributed by atoms with van der Waals surface area (Å²) in [7, 11) is 1.54. The van der Waals surface area contributed by atoms with Gasteiger partial charge in [-0.3, -0.25) is 0 Å². The van der Waals surface area contributed by atoms with Crippen molar-refractivity contribution in [3.05, 3.63) is 24.0 Å². The average molecular weight is 227 g/mol. The predicted molar refractivity (Wildman–Crippen MR) is 59.6 cm³/mol. The molecule has 0 radical (unpaired) electrons. The van der Waals surface area contributed by atoms with Crippen molar-refractivity contribution < 1.29 is 9.13 Å². The molecule has 1 saturated heterocycles. The third-order valence-electron chi connectivity index (χ3n) is 2.43. The summed E-state index contributed by atoms with van der Waals surface area (Å²) in [5.41, 5.74) is 0. The molecule has 0 unspecified atom stereocenters. The largest absolute Gasteiger partial charge is 0.497 e. The van der Waals surface area contributed by atoms with E-state index in [1.54, 1.807) is 19.2 Å². The van der Waals surface area contributed by atoms with Gasteiger partial charge in [0.2, 0.25) is 0 Å². The first-order chi connectivity index (χ1) is 7.29. The summed E-state index contributed by atoms with van der Waals surface area (Å²) in [5, 5.41) is 0. The Hall–Kier alpha value is -0.740. The topological polar surface area (TPSA) is 12.5 Å². The van der Waals surface area contributed by atoms with E-state index in [2.05, 4.69) is 4.31 Å². The van der Waals surface area contributed by atoms with E-state index in [0.29, 0.717) is 10.6 Å². The normalized spacial score (nSPS) is 16.9. The molecule has 15 heavy (non-hydrogen) atoms. The molecular formula is C11H14FNOS. The summed E-state index contributed by atoms with van der Waals surface area (Å²) < 4.78 is 20.7. The molecule has 1 fully saturated rings. The Morgan fingerprint density at radius 3 is 2.67 bits per heavy atom. The lowest BCUT2D eigenvalue weighted by Gasteiger charge is -2.13. The zero-order chi connectivity index (χ0) is 10.7. The van der Waals surface area contributed by atoms with Crippen LogP contribution in [0.25, 0.3) is 0 Å². The van der Waals surface area contributed by atoms with Crippen LogP contribution in [0.4, 0.5) is 4.39 Å². The number of rotatable bonds is 3. The van der Waals surface area contributed by atoms with Crippen LogP contribution in [0.15, 0.2) is 23.1 Å². The van der Waals surface area contributed by atoms with Crippen LogP contribution in [0, 0.1) is 5.82 Å². The van der Waals surface area contributed by atoms with Gasteiger partial charge < -0.3 is 4.74 Å². The van der Waals surface area contributed by atoms with Gasteiger partial charge in [0, 0.05) is 19.2 Å². The van der Waals surface area contributed by atoms with Gasteiger partial charge in [0.25, 0.3) is 0 Å². The van der Waals surface area contributed by atoms with Crippen molar-refractivity contribution in [2.75, 3.05) is 20.2 Å². The Balaban J connectivity index is 2.07. The fraction of sp³-hybridized carbons (Fsp3) is 0.455. The van der Waals surface area contributed by atoms with Crippen LogP contribution in [-0.4, -0.2) is 24.5 Å². The number of methoxy groups -OCH3 is 1. The van der Waals surface area contributed by atoms with E-state index in [-0.39, 0.29) is 5.82 Å². The van der Waals surface area contributed by atoms with Gasteiger partial charge in [-0.15, -0.1) is 0 Å². The van der Waals surface area contributed by atoms with Crippen molar-refractivity contribution in [1.82, 2.24) is 4.31 Å². The van der Waals surface area contributed by atoms with Crippen LogP contribution < -0.4 is 4.74 Å². The first kappa shape index (κ1) is 10.8. The Morgan fingerprint density at radius 2 is 2.07 bits per heavy atom. The first-order valence-electron chi connectivity index (χ1n) is 5.06. The smallest absolute Gasteiger partial charge is 0.141 e. The van der Waals surface area contributed by atoms with Crippen LogP contribution in [-0.2, 0) is 0 Å². The monoisotopic (exact) mass is 227 g/mol. The third kappa shape index (κ3) is 2.63. The Bertz CT molecular complexity index is 339. The van der Waals surface area contributed by atoms with E-state index >= 15 is 0 Å². The third-order valence-corrected chi connectivity index (χ3v) is 3.58. The van der Waals surface area contributed by atoms with Gasteiger partial charge in [0.05, 0.1) is 12.0 Å². The summed E-state index contributed by atoms with van der Waals surface area (Å²) in [6.07, 6.45) is 2.43. The van der Waals surface area contributed by atoms with Gasteiger partial charge in [0.1, 0.15) is 11.6 Å². The number of nitrogens with zero attached hydrogens (tertiary/aromatic N) is 1. The Morgan fingerprint density at radius 1 is 1.33 bits per heavy atom. The molecule has 4 heteroatoms. The van der Waals surface area contributed by atoms with Crippen LogP contribution in [0.3, 0.4) is 0 Å². The SMILES string of the molecule is COc1ccc(SN2CCCC2)c(F)c1. The molecule has 0 bridgehead atoms. The maximum atomic E-state index is 13.6. The zero-order valence-electron chi connectivity index (χ0n) is 8.70. The summed E-state index contributed by atoms with van der Waals surface area (Å²) in [6, 6.07) is 5.00. The van der Waals surface area contributed by atoms with Crippen molar-refractivity contribution in [2.24, 2.45) is 0 Å². The second-order valence-corrected chi connectivity index (χ2v) is 4.66. The fourth-order valence-electron chi connectivity index (χ4n) is 1.60. The van der Waals surface area contributed by atoms with E-state index in [1.807, 2.05) is 0 Å². The minimum Gasteiger partial charge on any atom is -0.497 e. The molecule has 0 N–H and O–H groups in total. The molecule has 0 amide bonds. The molecule has 2 nitrogen and oxygen atoms in total. The average Bonchev–Trinajstić information content (AvgIpc) is 2.74. The quantitative estimate of drug-likeness (QED) is 0.737. The highest BCUT2D eigenvalue weighted by atomic mass is 32.2. The highest BCUT2D eigenvalue weighted by Crippen LogP contribution is 2.30. The van der Waals surface area contributed by atoms with E-state index in [9.17, 15) is 4.39 Å². The molecule has 0 aliphatic carbocycles. The summed E-state index contributed by atoms with van der Waals surface area (Å²) >= 11 is 1.50. The lowest BCUT2D eigenvalue weighted by atomic mass is 10.3. The second kappa shape index (κ2) is 4.86. The molecule has 0 atom stereocenters. The molecule has 0 aromatic heterocycles. The molecule has 1 aliphatic rings. The molecular weight excluding hydrogens is 213 g/mol.